The molecule has 0 bridgehead atoms. The number of aromatic nitrogens is 2. The lowest BCUT2D eigenvalue weighted by Crippen LogP contribution is -2.36. The standard InChI is InChI=1S/C27H29ClN4O3/c28-19-10-12-20(26(34)31-13-5-3-6-14-31)23(17-19)30-25(33)18-9-11-21-22(16-18)29-24-8-4-1-2-7-15-32(24)27(21)35/h9-12,16-17H,1-8,13-15H2,(H,30,33). The van der Waals surface area contributed by atoms with Gasteiger partial charge in [-0.1, -0.05) is 24.4 Å². The molecule has 0 radical (unpaired) electrons. The van der Waals surface area contributed by atoms with Gasteiger partial charge in [-0.2, -0.15) is 0 Å². The summed E-state index contributed by atoms with van der Waals surface area (Å²) in [5.74, 6) is 0.294. The van der Waals surface area contributed by atoms with Crippen molar-refractivity contribution in [2.24, 2.45) is 0 Å². The maximum atomic E-state index is 13.2. The number of halogens is 1. The summed E-state index contributed by atoms with van der Waals surface area (Å²) in [5.41, 5.74) is 1.64. The summed E-state index contributed by atoms with van der Waals surface area (Å²) in [6.07, 6.45) is 8.06. The van der Waals surface area contributed by atoms with Crippen LogP contribution in [0, 0.1) is 0 Å². The first-order valence-electron chi connectivity index (χ1n) is 12.4. The number of anilines is 1. The minimum atomic E-state index is -0.379. The molecule has 1 N–H and O–H groups in total. The summed E-state index contributed by atoms with van der Waals surface area (Å²) in [7, 11) is 0. The fourth-order valence-corrected chi connectivity index (χ4v) is 5.18. The molecule has 0 unspecified atom stereocenters. The van der Waals surface area contributed by atoms with Crippen molar-refractivity contribution in [3.05, 3.63) is 68.7 Å². The van der Waals surface area contributed by atoms with Gasteiger partial charge in [0.2, 0.25) is 0 Å². The number of carbonyl (C=O) groups is 2. The summed E-state index contributed by atoms with van der Waals surface area (Å²) in [4.78, 5) is 46.0. The maximum Gasteiger partial charge on any atom is 0.261 e. The lowest BCUT2D eigenvalue weighted by Gasteiger charge is -2.27. The minimum absolute atomic E-state index is 0.0527. The predicted octanol–water partition coefficient (Wildman–Crippen LogP) is 5.04. The van der Waals surface area contributed by atoms with E-state index in [2.05, 4.69) is 5.32 Å². The minimum Gasteiger partial charge on any atom is -0.339 e. The fraction of sp³-hybridized carbons (Fsp3) is 0.407. The number of aryl methyl sites for hydroxylation is 1. The van der Waals surface area contributed by atoms with E-state index in [9.17, 15) is 14.4 Å². The average molecular weight is 493 g/mol. The Morgan fingerprint density at radius 3 is 2.46 bits per heavy atom. The second-order valence-electron chi connectivity index (χ2n) is 9.38. The lowest BCUT2D eigenvalue weighted by atomic mass is 10.1. The molecule has 2 aliphatic rings. The zero-order chi connectivity index (χ0) is 24.4. The molecule has 5 rings (SSSR count). The van der Waals surface area contributed by atoms with Crippen LogP contribution in [0.2, 0.25) is 5.02 Å². The van der Waals surface area contributed by atoms with Gasteiger partial charge in [0.15, 0.2) is 0 Å². The van der Waals surface area contributed by atoms with Crippen LogP contribution in [0.25, 0.3) is 10.9 Å². The van der Waals surface area contributed by atoms with Crippen molar-refractivity contribution in [2.75, 3.05) is 18.4 Å². The maximum absolute atomic E-state index is 13.2. The molecule has 3 heterocycles. The molecule has 182 valence electrons. The van der Waals surface area contributed by atoms with Gasteiger partial charge in [-0.15, -0.1) is 0 Å². The number of benzene rings is 2. The molecule has 7 nitrogen and oxygen atoms in total. The summed E-state index contributed by atoms with van der Waals surface area (Å²) in [6, 6.07) is 9.88. The van der Waals surface area contributed by atoms with Gasteiger partial charge in [-0.05, 0) is 68.5 Å². The Morgan fingerprint density at radius 2 is 1.63 bits per heavy atom. The summed E-state index contributed by atoms with van der Waals surface area (Å²) in [6.45, 7) is 2.11. The summed E-state index contributed by atoms with van der Waals surface area (Å²) in [5, 5.41) is 3.81. The van der Waals surface area contributed by atoms with Crippen LogP contribution in [0.5, 0.6) is 0 Å². The highest BCUT2D eigenvalue weighted by Gasteiger charge is 2.22. The third-order valence-corrected chi connectivity index (χ3v) is 7.17. The number of hydrogen-bond donors (Lipinski definition) is 1. The van der Waals surface area contributed by atoms with Crippen molar-refractivity contribution in [3.8, 4) is 0 Å². The van der Waals surface area contributed by atoms with E-state index in [-0.39, 0.29) is 17.4 Å². The summed E-state index contributed by atoms with van der Waals surface area (Å²) < 4.78 is 1.78. The Kier molecular flexibility index (Phi) is 6.86. The van der Waals surface area contributed by atoms with Gasteiger partial charge in [0, 0.05) is 36.6 Å². The molecule has 2 aromatic carbocycles. The molecular weight excluding hydrogens is 464 g/mol. The van der Waals surface area contributed by atoms with E-state index in [1.165, 1.54) is 0 Å². The van der Waals surface area contributed by atoms with E-state index in [0.29, 0.717) is 52.4 Å². The van der Waals surface area contributed by atoms with Crippen LogP contribution in [-0.2, 0) is 13.0 Å². The molecule has 1 saturated heterocycles. The molecule has 0 aliphatic carbocycles. The first-order valence-corrected chi connectivity index (χ1v) is 12.8. The number of likely N-dealkylation sites (tertiary alicyclic amines) is 1. The van der Waals surface area contributed by atoms with Crippen molar-refractivity contribution in [2.45, 2.75) is 57.9 Å². The van der Waals surface area contributed by atoms with E-state index in [4.69, 9.17) is 16.6 Å². The Bertz CT molecular complexity index is 1340. The number of piperidine rings is 1. The average Bonchev–Trinajstić information content (AvgIpc) is 2.85. The van der Waals surface area contributed by atoms with Crippen molar-refractivity contribution >= 4 is 40.0 Å². The SMILES string of the molecule is O=C(Nc1cc(Cl)ccc1C(=O)N1CCCCC1)c1ccc2c(=O)n3c(nc2c1)CCCCCC3. The predicted molar refractivity (Wildman–Crippen MR) is 137 cm³/mol. The van der Waals surface area contributed by atoms with Crippen LogP contribution >= 0.6 is 11.6 Å². The number of amides is 2. The molecule has 0 spiro atoms. The Morgan fingerprint density at radius 1 is 0.886 bits per heavy atom. The van der Waals surface area contributed by atoms with E-state index < -0.39 is 0 Å². The van der Waals surface area contributed by atoms with Crippen molar-refractivity contribution in [1.29, 1.82) is 0 Å². The third-order valence-electron chi connectivity index (χ3n) is 6.93. The molecule has 1 fully saturated rings. The van der Waals surface area contributed by atoms with Crippen LogP contribution < -0.4 is 10.9 Å². The lowest BCUT2D eigenvalue weighted by molar-refractivity contribution is 0.0725. The highest BCUT2D eigenvalue weighted by Crippen LogP contribution is 2.25. The van der Waals surface area contributed by atoms with Crippen molar-refractivity contribution in [1.82, 2.24) is 14.5 Å². The second-order valence-corrected chi connectivity index (χ2v) is 9.81. The monoisotopic (exact) mass is 492 g/mol. The van der Waals surface area contributed by atoms with Gasteiger partial charge >= 0.3 is 0 Å². The fourth-order valence-electron chi connectivity index (χ4n) is 5.00. The van der Waals surface area contributed by atoms with E-state index in [1.807, 2.05) is 4.90 Å². The molecule has 8 heteroatoms. The molecule has 1 aromatic heterocycles. The first kappa shape index (κ1) is 23.5. The Hall–Kier alpha value is -3.19. The molecule has 0 atom stereocenters. The van der Waals surface area contributed by atoms with E-state index in [1.54, 1.807) is 41.0 Å². The van der Waals surface area contributed by atoms with Crippen LogP contribution in [0.15, 0.2) is 41.2 Å². The summed E-state index contributed by atoms with van der Waals surface area (Å²) >= 11 is 6.20. The van der Waals surface area contributed by atoms with Gasteiger partial charge in [0.05, 0.1) is 22.2 Å². The number of fused-ring (bicyclic) bond motifs is 2. The van der Waals surface area contributed by atoms with Gasteiger partial charge in [-0.25, -0.2) is 4.98 Å². The molecule has 2 aliphatic heterocycles. The third kappa shape index (κ3) is 4.96. The van der Waals surface area contributed by atoms with Crippen molar-refractivity contribution in [3.63, 3.8) is 0 Å². The Balaban J connectivity index is 1.45. The normalized spacial score (nSPS) is 16.3. The van der Waals surface area contributed by atoms with E-state index in [0.717, 1.165) is 57.2 Å². The molecule has 35 heavy (non-hydrogen) atoms. The Labute approximate surface area is 209 Å². The quantitative estimate of drug-likeness (QED) is 0.554. The van der Waals surface area contributed by atoms with Crippen LogP contribution in [0.4, 0.5) is 5.69 Å². The molecular formula is C27H29ClN4O3. The van der Waals surface area contributed by atoms with Gasteiger partial charge in [-0.3, -0.25) is 19.0 Å². The van der Waals surface area contributed by atoms with Gasteiger partial charge in [0.25, 0.3) is 17.4 Å². The molecule has 3 aromatic rings. The number of hydrogen-bond acceptors (Lipinski definition) is 4. The highest BCUT2D eigenvalue weighted by molar-refractivity contribution is 6.31. The van der Waals surface area contributed by atoms with E-state index >= 15 is 0 Å². The second kappa shape index (κ2) is 10.2. The van der Waals surface area contributed by atoms with Gasteiger partial charge in [0.1, 0.15) is 5.82 Å². The molecule has 0 saturated carbocycles. The van der Waals surface area contributed by atoms with Crippen LogP contribution in [0.3, 0.4) is 0 Å². The van der Waals surface area contributed by atoms with Crippen LogP contribution in [0.1, 0.15) is 71.5 Å². The number of nitrogens with one attached hydrogen (secondary N) is 1. The highest BCUT2D eigenvalue weighted by atomic mass is 35.5. The van der Waals surface area contributed by atoms with Crippen molar-refractivity contribution < 1.29 is 9.59 Å². The zero-order valence-electron chi connectivity index (χ0n) is 19.7. The largest absolute Gasteiger partial charge is 0.339 e. The number of carbonyl (C=O) groups excluding carboxylic acids is 2. The smallest absolute Gasteiger partial charge is 0.261 e. The first-order chi connectivity index (χ1) is 17.0. The number of rotatable bonds is 3. The van der Waals surface area contributed by atoms with Gasteiger partial charge < -0.3 is 10.2 Å². The molecule has 2 amide bonds. The number of nitrogens with zero attached hydrogens (tertiary/aromatic N) is 3. The zero-order valence-corrected chi connectivity index (χ0v) is 20.4. The van der Waals surface area contributed by atoms with Crippen LogP contribution in [-0.4, -0.2) is 39.4 Å². The topological polar surface area (TPSA) is 84.3 Å².